The number of hydrogen-bond acceptors (Lipinski definition) is 6. The van der Waals surface area contributed by atoms with E-state index in [1.54, 1.807) is 29.5 Å². The van der Waals surface area contributed by atoms with E-state index in [2.05, 4.69) is 163 Å². The van der Waals surface area contributed by atoms with Gasteiger partial charge in [0.1, 0.15) is 0 Å². The largest absolute Gasteiger partial charge is 0.476 e. The third-order valence-corrected chi connectivity index (χ3v) is 17.8. The van der Waals surface area contributed by atoms with Crippen LogP contribution >= 0.6 is 46.1 Å². The molecule has 380 valence electrons. The molecule has 2 aliphatic carbocycles. The topological polar surface area (TPSA) is 83.6 Å². The van der Waals surface area contributed by atoms with Crippen LogP contribution in [0, 0.1) is 0 Å². The fourth-order valence-electron chi connectivity index (χ4n) is 12.4. The van der Waals surface area contributed by atoms with Gasteiger partial charge in [0.2, 0.25) is 0 Å². The van der Waals surface area contributed by atoms with E-state index in [0.29, 0.717) is 15.8 Å². The molecular weight excluding hydrogens is 1010 g/mol. The van der Waals surface area contributed by atoms with E-state index in [1.807, 2.05) is 6.07 Å². The molecule has 3 aromatic heterocycles. The van der Waals surface area contributed by atoms with E-state index < -0.39 is 5.97 Å². The molecule has 2 aliphatic rings. The van der Waals surface area contributed by atoms with Gasteiger partial charge >= 0.3 is 5.97 Å². The van der Waals surface area contributed by atoms with Gasteiger partial charge in [-0.05, 0) is 142 Å². The van der Waals surface area contributed by atoms with E-state index in [4.69, 9.17) is 34.8 Å². The van der Waals surface area contributed by atoms with Crippen LogP contribution < -0.4 is 10.1 Å². The maximum absolute atomic E-state index is 12.7. The summed E-state index contributed by atoms with van der Waals surface area (Å²) in [4.78, 5) is 17.0. The second kappa shape index (κ2) is 21.0. The number of thiophene rings is 1. The lowest BCUT2D eigenvalue weighted by atomic mass is 9.70. The monoisotopic (exact) mass is 1070 g/mol. The summed E-state index contributed by atoms with van der Waals surface area (Å²) in [6, 6.07) is 49.0. The lowest BCUT2D eigenvalue weighted by molar-refractivity contribution is 0.0689. The first-order valence-electron chi connectivity index (χ1n) is 26.7. The molecule has 0 atom stereocenters. The lowest BCUT2D eigenvalue weighted by Crippen LogP contribution is -2.26. The van der Waals surface area contributed by atoms with Crippen LogP contribution in [0.3, 0.4) is 0 Å². The van der Waals surface area contributed by atoms with Crippen molar-refractivity contribution in [2.75, 3.05) is 4.90 Å². The number of aromatic nitrogens is 4. The molecule has 0 amide bonds. The number of hydrogen-bond donors (Lipinski definition) is 1. The van der Waals surface area contributed by atoms with Gasteiger partial charge in [0.25, 0.3) is 0 Å². The van der Waals surface area contributed by atoms with Gasteiger partial charge in [-0.15, -0.1) is 21.5 Å². The Bertz CT molecular complexity index is 3520. The number of anilines is 3. The van der Waals surface area contributed by atoms with E-state index in [0.717, 1.165) is 83.7 Å². The van der Waals surface area contributed by atoms with Crippen molar-refractivity contribution in [3.05, 3.63) is 187 Å². The Kier molecular flexibility index (Phi) is 14.3. The van der Waals surface area contributed by atoms with Gasteiger partial charge in [0, 0.05) is 42.7 Å². The van der Waals surface area contributed by atoms with Crippen LogP contribution in [-0.4, -0.2) is 30.9 Å². The molecule has 75 heavy (non-hydrogen) atoms. The van der Waals surface area contributed by atoms with Gasteiger partial charge in [-0.25, -0.2) is 4.79 Å². The fourth-order valence-corrected chi connectivity index (χ4v) is 14.3. The van der Waals surface area contributed by atoms with Crippen molar-refractivity contribution in [1.82, 2.24) is 19.8 Å². The Morgan fingerprint density at radius 2 is 1.09 bits per heavy atom. The number of rotatable bonds is 19. The Morgan fingerprint density at radius 1 is 0.600 bits per heavy atom. The first-order valence-corrected chi connectivity index (χ1v) is 28.6. The number of carboxylic acid groups (broad SMARTS) is 1. The van der Waals surface area contributed by atoms with Gasteiger partial charge in [-0.1, -0.05) is 187 Å². The van der Waals surface area contributed by atoms with Gasteiger partial charge in [-0.2, -0.15) is 9.61 Å². The highest BCUT2D eigenvalue weighted by atomic mass is 35.5. The number of aromatic carboxylic acids is 1. The SMILES string of the molecule is CCCCC1(CCCC)c2ccccc2-c2ccc(N(c3ccc(-c4ccc(/C=c5/c(C(=O)O)nn6c(-c7c(Cl)cc(Cl)cc7Cl)nnc56)s4)cc3)c3ccc4c(c3)C(CCCC)(CCCC)c3ccccc3-4)cc21. The van der Waals surface area contributed by atoms with Crippen LogP contribution in [0.1, 0.15) is 142 Å². The first-order chi connectivity index (χ1) is 36.5. The predicted molar refractivity (Wildman–Crippen MR) is 312 cm³/mol. The van der Waals surface area contributed by atoms with Crippen molar-refractivity contribution in [2.24, 2.45) is 0 Å². The number of fused-ring (bicyclic) bond motifs is 7. The van der Waals surface area contributed by atoms with Crippen molar-refractivity contribution >= 4 is 80.9 Å². The molecule has 0 radical (unpaired) electrons. The van der Waals surface area contributed by atoms with Crippen LogP contribution in [0.25, 0.3) is 55.8 Å². The van der Waals surface area contributed by atoms with Crippen LogP contribution in [-0.2, 0) is 10.8 Å². The zero-order valence-corrected chi connectivity index (χ0v) is 46.0. The number of unbranched alkanes of at least 4 members (excludes halogenated alkanes) is 4. The average molecular weight is 1070 g/mol. The smallest absolute Gasteiger partial charge is 0.357 e. The van der Waals surface area contributed by atoms with Gasteiger partial charge < -0.3 is 10.0 Å². The standard InChI is InChI=1S/C64H60Cl3N5O2S/c1-5-9-31-63(32-10-6-2)51-19-15-13-17-46(51)48-28-25-43(37-53(48)63)71(44-26-29-49-47-18-14-16-20-52(47)64(33-11-7-3,34-12-8-4)54(49)38-44)42-23-21-40(22-24-42)57-30-27-45(75-57)39-50-59(62(73)74)70-72-60(50)68-69-61(72)58-55(66)35-41(65)36-56(58)67/h13-30,35-39H,5-12,31-34H2,1-4H3,(H,73,74)/b50-39-. The number of benzene rings is 6. The van der Waals surface area contributed by atoms with Crippen LogP contribution in [0.4, 0.5) is 17.1 Å². The molecule has 0 unspecified atom stereocenters. The summed E-state index contributed by atoms with van der Waals surface area (Å²) in [5.74, 6) is -0.974. The molecule has 11 rings (SSSR count). The summed E-state index contributed by atoms with van der Waals surface area (Å²) >= 11 is 20.9. The first kappa shape index (κ1) is 50.8. The van der Waals surface area contributed by atoms with E-state index >= 15 is 0 Å². The quantitative estimate of drug-likeness (QED) is 0.0869. The second-order valence-corrected chi connectivity index (χ2v) is 22.8. The van der Waals surface area contributed by atoms with Crippen molar-refractivity contribution < 1.29 is 9.90 Å². The molecular formula is C64H60Cl3N5O2S. The Hall–Kier alpha value is -6.29. The Morgan fingerprint density at radius 3 is 1.60 bits per heavy atom. The third-order valence-electron chi connectivity index (χ3n) is 15.9. The minimum absolute atomic E-state index is 0.0591. The minimum atomic E-state index is -1.19. The molecule has 1 N–H and O–H groups in total. The predicted octanol–water partition coefficient (Wildman–Crippen LogP) is 18.5. The minimum Gasteiger partial charge on any atom is -0.476 e. The zero-order valence-electron chi connectivity index (χ0n) is 42.9. The van der Waals surface area contributed by atoms with E-state index in [9.17, 15) is 9.90 Å². The van der Waals surface area contributed by atoms with Crippen molar-refractivity contribution in [1.29, 1.82) is 0 Å². The molecule has 7 nitrogen and oxygen atoms in total. The van der Waals surface area contributed by atoms with Crippen molar-refractivity contribution in [2.45, 2.75) is 116 Å². The average Bonchev–Trinajstić information content (AvgIpc) is 4.30. The van der Waals surface area contributed by atoms with Crippen molar-refractivity contribution in [3.63, 3.8) is 0 Å². The highest BCUT2D eigenvalue weighted by Crippen LogP contribution is 2.58. The van der Waals surface area contributed by atoms with Crippen LogP contribution in [0.2, 0.25) is 15.1 Å². The van der Waals surface area contributed by atoms with Crippen molar-refractivity contribution in [3.8, 4) is 44.1 Å². The molecule has 0 bridgehead atoms. The highest BCUT2D eigenvalue weighted by molar-refractivity contribution is 7.16. The molecule has 0 spiro atoms. The van der Waals surface area contributed by atoms with Gasteiger partial charge in [-0.3, -0.25) is 0 Å². The summed E-state index contributed by atoms with van der Waals surface area (Å²) in [6.45, 7) is 9.27. The Balaban J connectivity index is 1.03. The Labute approximate surface area is 458 Å². The maximum atomic E-state index is 12.7. The number of carboxylic acids is 1. The van der Waals surface area contributed by atoms with Gasteiger partial charge in [0.15, 0.2) is 17.2 Å². The maximum Gasteiger partial charge on any atom is 0.357 e. The molecule has 6 aromatic carbocycles. The normalized spacial score (nSPS) is 14.0. The van der Waals surface area contributed by atoms with Crippen LogP contribution in [0.5, 0.6) is 0 Å². The molecule has 0 fully saturated rings. The second-order valence-electron chi connectivity index (χ2n) is 20.4. The van der Waals surface area contributed by atoms with Gasteiger partial charge in [0.05, 0.1) is 20.8 Å². The highest BCUT2D eigenvalue weighted by Gasteiger charge is 2.44. The summed E-state index contributed by atoms with van der Waals surface area (Å²) in [5.41, 5.74) is 16.1. The zero-order chi connectivity index (χ0) is 52.0. The summed E-state index contributed by atoms with van der Waals surface area (Å²) < 4.78 is 1.38. The molecule has 0 aliphatic heterocycles. The third kappa shape index (κ3) is 8.85. The van der Waals surface area contributed by atoms with E-state index in [1.165, 1.54) is 74.7 Å². The number of nitrogens with zero attached hydrogens (tertiary/aromatic N) is 5. The molecule has 0 saturated carbocycles. The fraction of sp³-hybridized carbons (Fsp3) is 0.281. The van der Waals surface area contributed by atoms with Crippen LogP contribution in [0.15, 0.2) is 133 Å². The molecule has 9 aromatic rings. The summed E-state index contributed by atoms with van der Waals surface area (Å²) in [5, 5.41) is 24.7. The lowest BCUT2D eigenvalue weighted by Gasteiger charge is -2.35. The number of halogens is 3. The number of carbonyl (C=O) groups is 1. The summed E-state index contributed by atoms with van der Waals surface area (Å²) in [6.07, 6.45) is 15.6. The van der Waals surface area contributed by atoms with E-state index in [-0.39, 0.29) is 38.0 Å². The molecule has 3 heterocycles. The molecule has 11 heteroatoms. The summed E-state index contributed by atoms with van der Waals surface area (Å²) in [7, 11) is 0. The molecule has 0 saturated heterocycles.